The number of fused-ring (bicyclic) bond motifs is 1. The smallest absolute Gasteiger partial charge is 0.267 e. The number of pyridine rings is 2. The van der Waals surface area contributed by atoms with Crippen LogP contribution in [0, 0.1) is 6.92 Å². The first-order valence-corrected chi connectivity index (χ1v) is 11.8. The Morgan fingerprint density at radius 3 is 2.22 bits per heavy atom. The molecular formula is C26H20ClF3N6O. The van der Waals surface area contributed by atoms with Crippen LogP contribution in [-0.2, 0) is 19.1 Å². The summed E-state index contributed by atoms with van der Waals surface area (Å²) in [5.41, 5.74) is 1.99. The Bertz CT molecular complexity index is 1660. The van der Waals surface area contributed by atoms with Crippen LogP contribution in [0.4, 0.5) is 13.2 Å². The molecule has 0 saturated heterocycles. The average molecular weight is 525 g/mol. The van der Waals surface area contributed by atoms with Crippen LogP contribution >= 0.6 is 11.6 Å². The van der Waals surface area contributed by atoms with E-state index < -0.39 is 11.9 Å². The summed E-state index contributed by atoms with van der Waals surface area (Å²) in [5.74, 6) is 0.530. The van der Waals surface area contributed by atoms with Crippen LogP contribution in [-0.4, -0.2) is 29.4 Å². The molecule has 4 aromatic heterocycles. The largest absolute Gasteiger partial charge is 0.433 e. The summed E-state index contributed by atoms with van der Waals surface area (Å²) >= 11 is 6.11. The summed E-state index contributed by atoms with van der Waals surface area (Å²) in [6.07, 6.45) is -0.847. The molecule has 0 spiro atoms. The highest BCUT2D eigenvalue weighted by molar-refractivity contribution is 6.30. The molecule has 0 fully saturated rings. The predicted molar refractivity (Wildman–Crippen MR) is 133 cm³/mol. The van der Waals surface area contributed by atoms with Crippen molar-refractivity contribution in [3.63, 3.8) is 0 Å². The molecule has 0 atom stereocenters. The Balaban J connectivity index is 1.82. The number of hydrogen-bond donors (Lipinski definition) is 0. The van der Waals surface area contributed by atoms with Crippen LogP contribution in [0.3, 0.4) is 0 Å². The van der Waals surface area contributed by atoms with Gasteiger partial charge in [-0.3, -0.25) is 9.78 Å². The molecule has 37 heavy (non-hydrogen) atoms. The van der Waals surface area contributed by atoms with Gasteiger partial charge in [0, 0.05) is 35.1 Å². The fourth-order valence-corrected chi connectivity index (χ4v) is 4.40. The maximum atomic E-state index is 14.2. The van der Waals surface area contributed by atoms with Gasteiger partial charge >= 0.3 is 6.18 Å². The van der Waals surface area contributed by atoms with E-state index in [1.807, 2.05) is 6.92 Å². The summed E-state index contributed by atoms with van der Waals surface area (Å²) in [7, 11) is 0. The number of hydrogen-bond acceptors (Lipinski definition) is 5. The lowest BCUT2D eigenvalue weighted by atomic mass is 9.97. The minimum Gasteiger partial charge on any atom is -0.267 e. The molecule has 0 amide bonds. The summed E-state index contributed by atoms with van der Waals surface area (Å²) < 4.78 is 42.6. The molecule has 4 heterocycles. The van der Waals surface area contributed by atoms with Gasteiger partial charge in [-0.15, -0.1) is 10.2 Å². The standard InChI is InChI=1S/C26H20ClF3N6O/c1-3-21-33-34-24-22(17-10-12-31-13-11-17)23(16-4-7-19(27)8-5-16)25(37)35(36(21)24)14-18-6-9-20(26(28,29)30)32-15(18)2/h4-13H,3,14H2,1-2H3. The summed E-state index contributed by atoms with van der Waals surface area (Å²) in [4.78, 5) is 22.0. The Kier molecular flexibility index (Phi) is 6.28. The van der Waals surface area contributed by atoms with E-state index in [1.165, 1.54) is 17.7 Å². The van der Waals surface area contributed by atoms with E-state index in [1.54, 1.807) is 53.3 Å². The van der Waals surface area contributed by atoms with Gasteiger partial charge < -0.3 is 0 Å². The van der Waals surface area contributed by atoms with Gasteiger partial charge in [0.1, 0.15) is 5.69 Å². The minimum absolute atomic E-state index is 0.0332. The van der Waals surface area contributed by atoms with Crippen molar-refractivity contribution in [2.24, 2.45) is 0 Å². The first-order valence-electron chi connectivity index (χ1n) is 11.4. The number of benzene rings is 1. The Hall–Kier alpha value is -4.05. The van der Waals surface area contributed by atoms with Crippen molar-refractivity contribution in [2.45, 2.75) is 33.0 Å². The number of rotatable bonds is 5. The highest BCUT2D eigenvalue weighted by Crippen LogP contribution is 2.34. The second-order valence-corrected chi connectivity index (χ2v) is 8.84. The fourth-order valence-electron chi connectivity index (χ4n) is 4.28. The quantitative estimate of drug-likeness (QED) is 0.299. The Morgan fingerprint density at radius 1 is 0.919 bits per heavy atom. The molecule has 0 aliphatic heterocycles. The molecule has 0 N–H and O–H groups in total. The maximum absolute atomic E-state index is 14.2. The van der Waals surface area contributed by atoms with E-state index in [0.717, 1.165) is 11.6 Å². The second kappa shape index (κ2) is 9.44. The molecule has 0 unspecified atom stereocenters. The van der Waals surface area contributed by atoms with E-state index in [-0.39, 0.29) is 17.8 Å². The minimum atomic E-state index is -4.56. The van der Waals surface area contributed by atoms with Crippen molar-refractivity contribution in [3.8, 4) is 22.3 Å². The predicted octanol–water partition coefficient (Wildman–Crippen LogP) is 5.61. The average Bonchev–Trinajstić information content (AvgIpc) is 3.30. The highest BCUT2D eigenvalue weighted by Gasteiger charge is 2.33. The van der Waals surface area contributed by atoms with Crippen LogP contribution in [0.2, 0.25) is 5.02 Å². The van der Waals surface area contributed by atoms with E-state index in [9.17, 15) is 18.0 Å². The molecule has 0 saturated carbocycles. The molecule has 0 aliphatic rings. The zero-order valence-corrected chi connectivity index (χ0v) is 20.5. The van der Waals surface area contributed by atoms with Gasteiger partial charge in [-0.05, 0) is 53.9 Å². The lowest BCUT2D eigenvalue weighted by Crippen LogP contribution is -2.30. The van der Waals surface area contributed by atoms with Crippen LogP contribution in [0.5, 0.6) is 0 Å². The maximum Gasteiger partial charge on any atom is 0.433 e. The van der Waals surface area contributed by atoms with E-state index in [0.29, 0.717) is 45.2 Å². The third-order valence-electron chi connectivity index (χ3n) is 6.09. The van der Waals surface area contributed by atoms with Crippen LogP contribution in [0.15, 0.2) is 65.7 Å². The summed E-state index contributed by atoms with van der Waals surface area (Å²) in [6.45, 7) is 3.34. The van der Waals surface area contributed by atoms with E-state index in [4.69, 9.17) is 11.6 Å². The van der Waals surface area contributed by atoms with Gasteiger partial charge in [-0.25, -0.2) is 14.2 Å². The fraction of sp³-hybridized carbons (Fsp3) is 0.192. The van der Waals surface area contributed by atoms with Gasteiger partial charge in [-0.1, -0.05) is 36.7 Å². The number of aromatic nitrogens is 6. The molecular weight excluding hydrogens is 505 g/mol. The van der Waals surface area contributed by atoms with Crippen molar-refractivity contribution in [1.29, 1.82) is 0 Å². The zero-order chi connectivity index (χ0) is 26.3. The highest BCUT2D eigenvalue weighted by atomic mass is 35.5. The molecule has 0 bridgehead atoms. The van der Waals surface area contributed by atoms with Gasteiger partial charge in [-0.2, -0.15) is 13.2 Å². The second-order valence-electron chi connectivity index (χ2n) is 8.40. The first kappa shape index (κ1) is 24.6. The molecule has 7 nitrogen and oxygen atoms in total. The molecule has 5 aromatic rings. The lowest BCUT2D eigenvalue weighted by molar-refractivity contribution is -0.141. The van der Waals surface area contributed by atoms with Gasteiger partial charge in [0.25, 0.3) is 5.56 Å². The number of alkyl halides is 3. The van der Waals surface area contributed by atoms with Gasteiger partial charge in [0.05, 0.1) is 12.1 Å². The van der Waals surface area contributed by atoms with Crippen molar-refractivity contribution < 1.29 is 13.2 Å². The van der Waals surface area contributed by atoms with Crippen molar-refractivity contribution >= 4 is 17.2 Å². The monoisotopic (exact) mass is 524 g/mol. The third kappa shape index (κ3) is 4.48. The number of aryl methyl sites for hydroxylation is 2. The van der Waals surface area contributed by atoms with Gasteiger partial charge in [0.15, 0.2) is 11.5 Å². The normalized spacial score (nSPS) is 11.8. The molecule has 5 rings (SSSR count). The van der Waals surface area contributed by atoms with Crippen molar-refractivity contribution in [3.05, 3.63) is 99.1 Å². The SMILES string of the molecule is CCc1nnc2c(-c3ccncc3)c(-c3ccc(Cl)cc3)c(=O)n(Cc3ccc(C(F)(F)F)nc3C)n12. The van der Waals surface area contributed by atoms with Crippen molar-refractivity contribution in [2.75, 3.05) is 0 Å². The number of halogens is 4. The molecule has 0 radical (unpaired) electrons. The molecule has 1 aromatic carbocycles. The van der Waals surface area contributed by atoms with Crippen LogP contribution in [0.25, 0.3) is 27.9 Å². The molecule has 188 valence electrons. The van der Waals surface area contributed by atoms with Crippen LogP contribution < -0.4 is 5.56 Å². The topological polar surface area (TPSA) is 78.0 Å². The van der Waals surface area contributed by atoms with E-state index >= 15 is 0 Å². The van der Waals surface area contributed by atoms with E-state index in [2.05, 4.69) is 20.2 Å². The van der Waals surface area contributed by atoms with Gasteiger partial charge in [0.2, 0.25) is 0 Å². The summed E-state index contributed by atoms with van der Waals surface area (Å²) in [6, 6.07) is 12.7. The lowest BCUT2D eigenvalue weighted by Gasteiger charge is -2.18. The zero-order valence-electron chi connectivity index (χ0n) is 19.8. The number of nitrogens with zero attached hydrogens (tertiary/aromatic N) is 6. The Morgan fingerprint density at radius 2 is 1.59 bits per heavy atom. The molecule has 11 heteroatoms. The molecule has 0 aliphatic carbocycles. The summed E-state index contributed by atoms with van der Waals surface area (Å²) in [5, 5.41) is 9.25. The van der Waals surface area contributed by atoms with Crippen molar-refractivity contribution in [1.82, 2.24) is 29.4 Å². The van der Waals surface area contributed by atoms with Crippen LogP contribution in [0.1, 0.15) is 29.7 Å². The third-order valence-corrected chi connectivity index (χ3v) is 6.34. The first-order chi connectivity index (χ1) is 17.7. The Labute approximate surface area is 214 Å².